The standard InChI is InChI=1S/C6H14N6O3.HNO3/c1-10(2)4-3-5-11(9-13)6(7)8-12(14)15;2-1(3)4/h3-5H2,1-2H3,(H2,7,8);(H,2,3,4). The van der Waals surface area contributed by atoms with Gasteiger partial charge in [0, 0.05) is 6.54 Å². The van der Waals surface area contributed by atoms with Crippen LogP contribution in [-0.4, -0.2) is 58.4 Å². The fourth-order valence-corrected chi connectivity index (χ4v) is 0.874. The number of hydrogen-bond acceptors (Lipinski definition) is 8. The monoisotopic (exact) mass is 281 g/mol. The van der Waals surface area contributed by atoms with Gasteiger partial charge < -0.3 is 10.1 Å². The SMILES string of the molecule is CN(C)CCCN(N=O)C(=N)N[N+](=O)[O-].O=[N+]([O-])O. The van der Waals surface area contributed by atoms with E-state index in [2.05, 4.69) is 5.29 Å². The number of nitrogens with one attached hydrogen (secondary N) is 2. The zero-order chi connectivity index (χ0) is 15.4. The second kappa shape index (κ2) is 10.6. The fourth-order valence-electron chi connectivity index (χ4n) is 0.874. The molecule has 0 aliphatic carbocycles. The molecule has 19 heavy (non-hydrogen) atoms. The first-order valence-corrected chi connectivity index (χ1v) is 4.79. The van der Waals surface area contributed by atoms with Crippen molar-refractivity contribution in [3.8, 4) is 0 Å². The Kier molecular flexibility index (Phi) is 10.5. The number of rotatable bonds is 6. The van der Waals surface area contributed by atoms with E-state index in [-0.39, 0.29) is 6.54 Å². The second-order valence-electron chi connectivity index (χ2n) is 3.32. The molecule has 0 heterocycles. The van der Waals surface area contributed by atoms with Crippen LogP contribution in [0.2, 0.25) is 0 Å². The molecule has 0 aliphatic rings. The molecule has 0 aromatic heterocycles. The Morgan fingerprint density at radius 3 is 2.16 bits per heavy atom. The molecule has 0 aromatic rings. The Morgan fingerprint density at radius 1 is 1.37 bits per heavy atom. The van der Waals surface area contributed by atoms with Gasteiger partial charge in [-0.25, -0.2) is 10.1 Å². The van der Waals surface area contributed by atoms with Crippen molar-refractivity contribution in [2.75, 3.05) is 27.2 Å². The predicted octanol–water partition coefficient (Wildman–Crippen LogP) is -0.710. The van der Waals surface area contributed by atoms with Gasteiger partial charge in [-0.2, -0.15) is 5.01 Å². The summed E-state index contributed by atoms with van der Waals surface area (Å²) >= 11 is 0. The summed E-state index contributed by atoms with van der Waals surface area (Å²) in [4.78, 5) is 30.5. The van der Waals surface area contributed by atoms with Gasteiger partial charge in [0.2, 0.25) is 0 Å². The molecule has 0 unspecified atom stereocenters. The number of hydrogen-bond donors (Lipinski definition) is 3. The summed E-state index contributed by atoms with van der Waals surface area (Å²) in [5.41, 5.74) is 1.56. The maximum absolute atomic E-state index is 10.3. The number of nitro groups is 1. The van der Waals surface area contributed by atoms with E-state index in [0.717, 1.165) is 0 Å². The minimum atomic E-state index is -1.50. The summed E-state index contributed by atoms with van der Waals surface area (Å²) in [5, 5.41) is 33.1. The van der Waals surface area contributed by atoms with Crippen LogP contribution in [0.5, 0.6) is 0 Å². The molecule has 0 rings (SSSR count). The molecule has 0 bridgehead atoms. The topological polar surface area (TPSA) is 178 Å². The van der Waals surface area contributed by atoms with E-state index in [1.165, 1.54) is 0 Å². The summed E-state index contributed by atoms with van der Waals surface area (Å²) in [5.74, 6) is -0.631. The minimum Gasteiger partial charge on any atom is -0.328 e. The van der Waals surface area contributed by atoms with Crippen LogP contribution in [0.25, 0.3) is 0 Å². The Morgan fingerprint density at radius 2 is 1.84 bits per heavy atom. The molecule has 13 heteroatoms. The molecular formula is C6H15N7O6. The predicted molar refractivity (Wildman–Crippen MR) is 62.3 cm³/mol. The molecule has 0 atom stereocenters. The molecule has 0 aromatic carbocycles. The van der Waals surface area contributed by atoms with Crippen molar-refractivity contribution in [3.63, 3.8) is 0 Å². The third-order valence-corrected chi connectivity index (χ3v) is 1.53. The smallest absolute Gasteiger partial charge is 0.291 e. The van der Waals surface area contributed by atoms with Crippen LogP contribution in [0.3, 0.4) is 0 Å². The van der Waals surface area contributed by atoms with Gasteiger partial charge >= 0.3 is 0 Å². The lowest BCUT2D eigenvalue weighted by molar-refractivity contribution is -0.742. The summed E-state index contributed by atoms with van der Waals surface area (Å²) in [6.07, 6.45) is 0.584. The van der Waals surface area contributed by atoms with Gasteiger partial charge in [-0.15, -0.1) is 15.0 Å². The Bertz CT molecular complexity index is 317. The second-order valence-corrected chi connectivity index (χ2v) is 3.32. The molecule has 0 spiro atoms. The first-order chi connectivity index (χ1) is 8.70. The summed E-state index contributed by atoms with van der Waals surface area (Å²) < 4.78 is 0. The number of hydrazine groups is 1. The molecule has 0 radical (unpaired) electrons. The Balaban J connectivity index is 0. The lowest BCUT2D eigenvalue weighted by Crippen LogP contribution is -2.41. The van der Waals surface area contributed by atoms with Gasteiger partial charge in [0.05, 0.1) is 5.29 Å². The van der Waals surface area contributed by atoms with E-state index >= 15 is 0 Å². The highest BCUT2D eigenvalue weighted by Gasteiger charge is 2.13. The van der Waals surface area contributed by atoms with Crippen LogP contribution in [0.15, 0.2) is 5.29 Å². The lowest BCUT2D eigenvalue weighted by atomic mass is 10.4. The van der Waals surface area contributed by atoms with Crippen molar-refractivity contribution in [2.45, 2.75) is 6.42 Å². The van der Waals surface area contributed by atoms with E-state index in [0.29, 0.717) is 18.0 Å². The van der Waals surface area contributed by atoms with Crippen molar-refractivity contribution >= 4 is 5.96 Å². The van der Waals surface area contributed by atoms with E-state index in [1.54, 1.807) is 5.43 Å². The van der Waals surface area contributed by atoms with Gasteiger partial charge in [-0.3, -0.25) is 5.41 Å². The first-order valence-electron chi connectivity index (χ1n) is 4.79. The van der Waals surface area contributed by atoms with E-state index < -0.39 is 16.1 Å². The first kappa shape index (κ1) is 18.8. The molecule has 0 saturated carbocycles. The molecule has 110 valence electrons. The van der Waals surface area contributed by atoms with Crippen LogP contribution in [0, 0.1) is 30.5 Å². The normalized spacial score (nSPS) is 9.00. The molecule has 0 saturated heterocycles. The van der Waals surface area contributed by atoms with Crippen molar-refractivity contribution in [1.82, 2.24) is 15.3 Å². The van der Waals surface area contributed by atoms with E-state index in [1.807, 2.05) is 19.0 Å². The molecule has 0 amide bonds. The lowest BCUT2D eigenvalue weighted by Gasteiger charge is -2.14. The summed E-state index contributed by atoms with van der Waals surface area (Å²) in [6.45, 7) is 0.874. The van der Waals surface area contributed by atoms with Crippen LogP contribution in [-0.2, 0) is 0 Å². The number of nitroso groups, excluding NO2 is 1. The van der Waals surface area contributed by atoms with Crippen LogP contribution < -0.4 is 5.43 Å². The highest BCUT2D eigenvalue weighted by molar-refractivity contribution is 5.74. The summed E-state index contributed by atoms with van der Waals surface area (Å²) in [7, 11) is 3.72. The molecule has 13 nitrogen and oxygen atoms in total. The maximum Gasteiger partial charge on any atom is 0.291 e. The quantitative estimate of drug-likeness (QED) is 0.186. The van der Waals surface area contributed by atoms with E-state index in [9.17, 15) is 15.0 Å². The Labute approximate surface area is 107 Å². The minimum absolute atomic E-state index is 0.168. The number of guanidine groups is 1. The highest BCUT2D eigenvalue weighted by Crippen LogP contribution is 1.93. The van der Waals surface area contributed by atoms with Gasteiger partial charge in [0.25, 0.3) is 11.0 Å². The van der Waals surface area contributed by atoms with Gasteiger partial charge in [0.15, 0.2) is 5.03 Å². The van der Waals surface area contributed by atoms with Crippen molar-refractivity contribution < 1.29 is 15.3 Å². The average molecular weight is 281 g/mol. The number of nitrogens with zero attached hydrogens (tertiary/aromatic N) is 5. The van der Waals surface area contributed by atoms with Gasteiger partial charge in [-0.05, 0) is 27.1 Å². The average Bonchev–Trinajstić information content (AvgIpc) is 2.21. The highest BCUT2D eigenvalue weighted by atomic mass is 16.9. The molecule has 0 fully saturated rings. The molecule has 3 N–H and O–H groups in total. The molecular weight excluding hydrogens is 266 g/mol. The van der Waals surface area contributed by atoms with Crippen molar-refractivity contribution in [2.24, 2.45) is 5.29 Å². The largest absolute Gasteiger partial charge is 0.328 e. The van der Waals surface area contributed by atoms with Gasteiger partial charge in [0.1, 0.15) is 0 Å². The maximum atomic E-state index is 10.3. The third-order valence-electron chi connectivity index (χ3n) is 1.53. The van der Waals surface area contributed by atoms with Crippen molar-refractivity contribution in [3.05, 3.63) is 25.1 Å². The zero-order valence-electron chi connectivity index (χ0n) is 10.3. The van der Waals surface area contributed by atoms with Gasteiger partial charge in [-0.1, -0.05) is 5.43 Å². The third kappa shape index (κ3) is 15.4. The van der Waals surface area contributed by atoms with E-state index in [4.69, 9.17) is 20.7 Å². The van der Waals surface area contributed by atoms with Crippen molar-refractivity contribution in [1.29, 1.82) is 5.41 Å². The van der Waals surface area contributed by atoms with Crippen LogP contribution in [0.1, 0.15) is 6.42 Å². The zero-order valence-corrected chi connectivity index (χ0v) is 10.3. The Hall–Kier alpha value is -2.57. The summed E-state index contributed by atoms with van der Waals surface area (Å²) in [6, 6.07) is 0. The molecule has 0 aliphatic heterocycles. The van der Waals surface area contributed by atoms with Crippen LogP contribution >= 0.6 is 0 Å². The fraction of sp³-hybridized carbons (Fsp3) is 0.833. The van der Waals surface area contributed by atoms with Crippen LogP contribution in [0.4, 0.5) is 0 Å².